The molecular weight excluding hydrogens is 316 g/mol. The van der Waals surface area contributed by atoms with Gasteiger partial charge in [0.15, 0.2) is 8.32 Å². The van der Waals surface area contributed by atoms with Crippen LogP contribution in [0.1, 0.15) is 67.7 Å². The smallest absolute Gasteiger partial charge is 0.249 e. The first-order valence-electron chi connectivity index (χ1n) is 9.07. The Balaban J connectivity index is 4.14. The molecule has 0 aromatic carbocycles. The summed E-state index contributed by atoms with van der Waals surface area (Å²) in [6.45, 7) is 26.0. The van der Waals surface area contributed by atoms with Gasteiger partial charge in [0, 0.05) is 6.61 Å². The lowest BCUT2D eigenvalue weighted by Gasteiger charge is -2.36. The molecule has 0 saturated heterocycles. The zero-order valence-corrected chi connectivity index (χ0v) is 19.7. The lowest BCUT2D eigenvalue weighted by atomic mass is 10.1. The molecule has 0 N–H and O–H groups in total. The predicted molar refractivity (Wildman–Crippen MR) is 109 cm³/mol. The van der Waals surface area contributed by atoms with E-state index in [2.05, 4.69) is 74.7 Å². The van der Waals surface area contributed by atoms with Gasteiger partial charge >= 0.3 is 0 Å². The summed E-state index contributed by atoms with van der Waals surface area (Å²) in [6, 6.07) is 0. The number of hydrogen-bond acceptors (Lipinski definition) is 2. The average molecular weight is 359 g/mol. The van der Waals surface area contributed by atoms with Gasteiger partial charge in [0.1, 0.15) is 0 Å². The SMILES string of the molecule is C/C(=C\O[Si](C)(C)C(C)(C)C)CCCCO[Si](C)(C)C(C)(C)C. The van der Waals surface area contributed by atoms with Crippen molar-refractivity contribution in [1.29, 1.82) is 0 Å². The van der Waals surface area contributed by atoms with Crippen molar-refractivity contribution in [1.82, 2.24) is 0 Å². The largest absolute Gasteiger partial charge is 0.549 e. The first-order chi connectivity index (χ1) is 10.1. The molecule has 138 valence electrons. The molecule has 0 aliphatic rings. The van der Waals surface area contributed by atoms with Gasteiger partial charge in [-0.05, 0) is 68.0 Å². The molecule has 0 aliphatic heterocycles. The number of unbranched alkanes of at least 4 members (excludes halogenated alkanes) is 1. The topological polar surface area (TPSA) is 18.5 Å². The highest BCUT2D eigenvalue weighted by Crippen LogP contribution is 2.37. The van der Waals surface area contributed by atoms with E-state index < -0.39 is 16.6 Å². The van der Waals surface area contributed by atoms with Crippen LogP contribution in [-0.4, -0.2) is 23.2 Å². The molecule has 0 unspecified atom stereocenters. The van der Waals surface area contributed by atoms with Crippen LogP contribution in [0.15, 0.2) is 11.8 Å². The number of hydrogen-bond donors (Lipinski definition) is 0. The van der Waals surface area contributed by atoms with Crippen LogP contribution in [0.3, 0.4) is 0 Å². The zero-order valence-electron chi connectivity index (χ0n) is 17.7. The van der Waals surface area contributed by atoms with E-state index in [1.165, 1.54) is 12.0 Å². The lowest BCUT2D eigenvalue weighted by Crippen LogP contribution is -2.40. The van der Waals surface area contributed by atoms with Crippen molar-refractivity contribution in [3.63, 3.8) is 0 Å². The Kier molecular flexibility index (Phi) is 8.32. The van der Waals surface area contributed by atoms with E-state index in [4.69, 9.17) is 8.85 Å². The highest BCUT2D eigenvalue weighted by Gasteiger charge is 2.38. The Morgan fingerprint density at radius 3 is 1.74 bits per heavy atom. The molecule has 0 amide bonds. The van der Waals surface area contributed by atoms with Crippen LogP contribution in [0.2, 0.25) is 36.3 Å². The Labute approximate surface area is 148 Å². The monoisotopic (exact) mass is 358 g/mol. The van der Waals surface area contributed by atoms with Gasteiger partial charge in [-0.15, -0.1) is 0 Å². The molecule has 0 heterocycles. The molecule has 0 rings (SSSR count). The fraction of sp³-hybridized carbons (Fsp3) is 0.895. The summed E-state index contributed by atoms with van der Waals surface area (Å²) >= 11 is 0. The van der Waals surface area contributed by atoms with Gasteiger partial charge in [-0.25, -0.2) is 0 Å². The van der Waals surface area contributed by atoms with Gasteiger partial charge in [0.25, 0.3) is 0 Å². The second kappa shape index (κ2) is 8.35. The Hall–Kier alpha value is -0.0662. The van der Waals surface area contributed by atoms with Crippen LogP contribution in [0.4, 0.5) is 0 Å². The maximum absolute atomic E-state index is 6.23. The summed E-state index contributed by atoms with van der Waals surface area (Å²) < 4.78 is 12.4. The third kappa shape index (κ3) is 8.04. The lowest BCUT2D eigenvalue weighted by molar-refractivity contribution is 0.279. The van der Waals surface area contributed by atoms with Gasteiger partial charge in [-0.3, -0.25) is 0 Å². The quantitative estimate of drug-likeness (QED) is 0.261. The van der Waals surface area contributed by atoms with Crippen LogP contribution in [0.25, 0.3) is 0 Å². The number of allylic oxidation sites excluding steroid dienone is 1. The van der Waals surface area contributed by atoms with Crippen molar-refractivity contribution in [2.24, 2.45) is 0 Å². The minimum absolute atomic E-state index is 0.265. The van der Waals surface area contributed by atoms with E-state index >= 15 is 0 Å². The molecule has 0 saturated carbocycles. The molecule has 0 spiro atoms. The normalized spacial score (nSPS) is 15.0. The van der Waals surface area contributed by atoms with Gasteiger partial charge in [-0.1, -0.05) is 41.5 Å². The second-order valence-electron chi connectivity index (χ2n) is 9.91. The molecule has 0 bridgehead atoms. The van der Waals surface area contributed by atoms with Crippen LogP contribution >= 0.6 is 0 Å². The Morgan fingerprint density at radius 2 is 1.30 bits per heavy atom. The molecule has 0 radical (unpaired) electrons. The summed E-state index contributed by atoms with van der Waals surface area (Å²) in [6.07, 6.45) is 5.44. The Bertz CT molecular complexity index is 385. The predicted octanol–water partition coefficient (Wildman–Crippen LogP) is 7.10. The molecular formula is C19H42O2Si2. The first kappa shape index (κ1) is 22.9. The standard InChI is InChI=1S/C19H42O2Si2/c1-17(16-21-23(10,11)19(5,6)7)14-12-13-15-20-22(8,9)18(2,3)4/h16H,12-15H2,1-11H3/b17-16+. The van der Waals surface area contributed by atoms with Crippen LogP contribution in [-0.2, 0) is 8.85 Å². The third-order valence-electron chi connectivity index (χ3n) is 5.60. The summed E-state index contributed by atoms with van der Waals surface area (Å²) in [5.74, 6) is 0. The first-order valence-corrected chi connectivity index (χ1v) is 14.9. The van der Waals surface area contributed by atoms with Crippen molar-refractivity contribution in [2.45, 2.75) is 104 Å². The van der Waals surface area contributed by atoms with Crippen molar-refractivity contribution >= 4 is 16.6 Å². The molecule has 0 atom stereocenters. The minimum Gasteiger partial charge on any atom is -0.549 e. The molecule has 0 aromatic rings. The van der Waals surface area contributed by atoms with Gasteiger partial charge in [0.2, 0.25) is 8.32 Å². The summed E-state index contributed by atoms with van der Waals surface area (Å²) in [5.41, 5.74) is 1.35. The van der Waals surface area contributed by atoms with Crippen molar-refractivity contribution in [2.75, 3.05) is 6.61 Å². The molecule has 0 fully saturated rings. The second-order valence-corrected chi connectivity index (χ2v) is 19.5. The van der Waals surface area contributed by atoms with E-state index in [0.29, 0.717) is 5.04 Å². The minimum atomic E-state index is -1.66. The van der Waals surface area contributed by atoms with Crippen molar-refractivity contribution < 1.29 is 8.85 Å². The van der Waals surface area contributed by atoms with E-state index in [9.17, 15) is 0 Å². The summed E-state index contributed by atoms with van der Waals surface area (Å²) in [4.78, 5) is 0. The fourth-order valence-corrected chi connectivity index (χ4v) is 3.47. The molecule has 0 aliphatic carbocycles. The van der Waals surface area contributed by atoms with E-state index in [1.807, 2.05) is 6.26 Å². The number of rotatable bonds is 8. The van der Waals surface area contributed by atoms with Gasteiger partial charge in [-0.2, -0.15) is 0 Å². The van der Waals surface area contributed by atoms with E-state index in [-0.39, 0.29) is 5.04 Å². The van der Waals surface area contributed by atoms with E-state index in [1.54, 1.807) is 0 Å². The fourth-order valence-electron chi connectivity index (χ4n) is 1.53. The zero-order chi connectivity index (χ0) is 18.5. The third-order valence-corrected chi connectivity index (χ3v) is 14.5. The van der Waals surface area contributed by atoms with Crippen LogP contribution < -0.4 is 0 Å². The summed E-state index contributed by atoms with van der Waals surface area (Å²) in [5, 5.41) is 0.570. The molecule has 4 heteroatoms. The highest BCUT2D eigenvalue weighted by atomic mass is 28.4. The van der Waals surface area contributed by atoms with Crippen LogP contribution in [0.5, 0.6) is 0 Å². The maximum atomic E-state index is 6.23. The molecule has 0 aromatic heterocycles. The Morgan fingerprint density at radius 1 is 0.826 bits per heavy atom. The average Bonchev–Trinajstić information content (AvgIpc) is 2.33. The molecule has 2 nitrogen and oxygen atoms in total. The van der Waals surface area contributed by atoms with Crippen LogP contribution in [0, 0.1) is 0 Å². The maximum Gasteiger partial charge on any atom is 0.249 e. The van der Waals surface area contributed by atoms with Crippen molar-refractivity contribution in [3.05, 3.63) is 11.8 Å². The highest BCUT2D eigenvalue weighted by molar-refractivity contribution is 6.74. The van der Waals surface area contributed by atoms with Crippen molar-refractivity contribution in [3.8, 4) is 0 Å². The van der Waals surface area contributed by atoms with Gasteiger partial charge in [0.05, 0.1) is 6.26 Å². The van der Waals surface area contributed by atoms with Gasteiger partial charge < -0.3 is 8.85 Å². The van der Waals surface area contributed by atoms with E-state index in [0.717, 1.165) is 19.4 Å². The molecule has 23 heavy (non-hydrogen) atoms. The summed E-state index contributed by atoms with van der Waals surface area (Å²) in [7, 11) is -3.24.